The van der Waals surface area contributed by atoms with E-state index in [9.17, 15) is 4.79 Å². The maximum absolute atomic E-state index is 12.6. The number of ether oxygens (including phenoxy) is 4. The normalized spacial score (nSPS) is 31.3. The van der Waals surface area contributed by atoms with Crippen molar-refractivity contribution in [1.29, 1.82) is 0 Å². The monoisotopic (exact) mass is 751 g/mol. The van der Waals surface area contributed by atoms with Crippen LogP contribution in [0.5, 0.6) is 0 Å². The Labute approximate surface area is 315 Å². The van der Waals surface area contributed by atoms with Gasteiger partial charge in [-0.3, -0.25) is 4.79 Å². The van der Waals surface area contributed by atoms with Crippen LogP contribution in [0.4, 0.5) is 0 Å². The lowest BCUT2D eigenvalue weighted by Gasteiger charge is -2.38. The zero-order chi connectivity index (χ0) is 38.1. The van der Waals surface area contributed by atoms with Crippen molar-refractivity contribution in [3.05, 3.63) is 24.3 Å². The zero-order valence-electron chi connectivity index (χ0n) is 34.9. The number of rotatable bonds is 20. The van der Waals surface area contributed by atoms with E-state index in [1.165, 1.54) is 30.8 Å². The Hall–Kier alpha value is -0.816. The van der Waals surface area contributed by atoms with Crippen LogP contribution in [0.3, 0.4) is 0 Å². The number of hydrogen-bond acceptors (Lipinski definition) is 7. The first kappa shape index (κ1) is 44.6. The summed E-state index contributed by atoms with van der Waals surface area (Å²) in [4.78, 5) is 12.6. The van der Waals surface area contributed by atoms with Crippen molar-refractivity contribution in [1.82, 2.24) is 0 Å². The molecule has 9 heteroatoms. The molecule has 3 fully saturated rings. The van der Waals surface area contributed by atoms with Gasteiger partial charge in [-0.25, -0.2) is 0 Å². The number of esters is 1. The van der Waals surface area contributed by atoms with Gasteiger partial charge >= 0.3 is 5.97 Å². The first-order valence-corrected chi connectivity index (χ1v) is 26.0. The van der Waals surface area contributed by atoms with Crippen molar-refractivity contribution in [3.8, 4) is 0 Å². The second kappa shape index (κ2) is 19.7. The molecule has 0 radical (unpaired) electrons. The predicted molar refractivity (Wildman–Crippen MR) is 215 cm³/mol. The zero-order valence-corrected chi connectivity index (χ0v) is 36.9. The standard InChI is InChI=1S/C42H78O7Si2/c1-15-51(16-2,17-3)45-22-18-19-34-25-31(6)37(47-34)21-20-35-24-30(5)32(7)39(48-35)27-40-36(26-41(43)44-12)33(8)38(49-40)23-29(4)28-46-50(13,14)42(9,10)11/h29-30,33-40H,6-7,15-28H2,1-5,8-14H3/t29-,30+,33+,34-,35-,36?,37?,38+,39?,40-/m0/s1. The van der Waals surface area contributed by atoms with Crippen molar-refractivity contribution < 1.29 is 32.6 Å². The topological polar surface area (TPSA) is 72.5 Å². The third kappa shape index (κ3) is 12.3. The van der Waals surface area contributed by atoms with Crippen LogP contribution < -0.4 is 0 Å². The highest BCUT2D eigenvalue weighted by molar-refractivity contribution is 6.74. The van der Waals surface area contributed by atoms with Crippen molar-refractivity contribution in [2.45, 2.75) is 193 Å². The molecule has 0 spiro atoms. The van der Waals surface area contributed by atoms with E-state index in [1.54, 1.807) is 0 Å². The van der Waals surface area contributed by atoms with Crippen LogP contribution in [-0.2, 0) is 32.6 Å². The van der Waals surface area contributed by atoms with Crippen LogP contribution >= 0.6 is 0 Å². The molecule has 3 saturated heterocycles. The van der Waals surface area contributed by atoms with Crippen molar-refractivity contribution in [2.75, 3.05) is 20.3 Å². The molecule has 296 valence electrons. The van der Waals surface area contributed by atoms with Crippen molar-refractivity contribution in [3.63, 3.8) is 0 Å². The minimum atomic E-state index is -1.83. The van der Waals surface area contributed by atoms with Crippen LogP contribution in [0, 0.1) is 23.7 Å². The lowest BCUT2D eigenvalue weighted by molar-refractivity contribution is -0.142. The summed E-state index contributed by atoms with van der Waals surface area (Å²) in [6.45, 7) is 35.6. The maximum Gasteiger partial charge on any atom is 0.305 e. The second-order valence-corrected chi connectivity index (χ2v) is 27.6. The quantitative estimate of drug-likeness (QED) is 0.0531. The molecule has 0 aromatic heterocycles. The van der Waals surface area contributed by atoms with E-state index in [1.807, 2.05) is 0 Å². The van der Waals surface area contributed by atoms with Gasteiger partial charge in [-0.2, -0.15) is 0 Å². The fourth-order valence-corrected chi connectivity index (χ4v) is 12.1. The fraction of sp³-hybridized carbons (Fsp3) is 0.881. The van der Waals surface area contributed by atoms with Gasteiger partial charge in [0.05, 0.1) is 50.2 Å². The molecule has 0 N–H and O–H groups in total. The van der Waals surface area contributed by atoms with Crippen LogP contribution in [-0.4, -0.2) is 79.6 Å². The molecule has 3 rings (SSSR count). The largest absolute Gasteiger partial charge is 0.469 e. The SMILES string of the molecule is C=C1C[C@H](CCCO[Si](CC)(CC)CC)OC1CC[C@H]1C[C@@H](C)C(=C)C(C[C@@H]2O[C@H](C[C@H](C)CO[Si](C)(C)C(C)(C)C)[C@H](C)C2CC(=O)OC)O1. The summed E-state index contributed by atoms with van der Waals surface area (Å²) in [6.07, 6.45) is 8.20. The molecule has 3 aliphatic rings. The third-order valence-electron chi connectivity index (χ3n) is 13.4. The second-order valence-electron chi connectivity index (χ2n) is 18.0. The highest BCUT2D eigenvalue weighted by Crippen LogP contribution is 2.44. The summed E-state index contributed by atoms with van der Waals surface area (Å²) in [5, 5.41) is 0.181. The molecular weight excluding hydrogens is 673 g/mol. The van der Waals surface area contributed by atoms with Gasteiger partial charge in [-0.05, 0) is 110 Å². The Kier molecular flexibility index (Phi) is 17.2. The van der Waals surface area contributed by atoms with E-state index < -0.39 is 16.6 Å². The summed E-state index contributed by atoms with van der Waals surface area (Å²) in [7, 11) is -1.88. The fourth-order valence-electron chi connectivity index (χ4n) is 8.27. The van der Waals surface area contributed by atoms with Crippen LogP contribution in [0.2, 0.25) is 36.3 Å². The van der Waals surface area contributed by atoms with Crippen LogP contribution in [0.1, 0.15) is 120 Å². The Balaban J connectivity index is 1.55. The average Bonchev–Trinajstić information content (AvgIpc) is 3.58. The molecule has 3 heterocycles. The lowest BCUT2D eigenvalue weighted by atomic mass is 9.79. The van der Waals surface area contributed by atoms with Crippen molar-refractivity contribution >= 4 is 22.6 Å². The lowest BCUT2D eigenvalue weighted by Crippen LogP contribution is -2.42. The number of carbonyl (C=O) groups excluding carboxylic acids is 1. The Morgan fingerprint density at radius 3 is 2.18 bits per heavy atom. The van der Waals surface area contributed by atoms with Gasteiger partial charge in [-0.1, -0.05) is 75.5 Å². The number of carbonyl (C=O) groups is 1. The molecule has 0 aromatic carbocycles. The third-order valence-corrected chi connectivity index (χ3v) is 22.6. The van der Waals surface area contributed by atoms with E-state index >= 15 is 0 Å². The maximum atomic E-state index is 12.6. The molecule has 3 unspecified atom stereocenters. The first-order chi connectivity index (χ1) is 23.9. The molecule has 10 atom stereocenters. The summed E-state index contributed by atoms with van der Waals surface area (Å²) in [6, 6.07) is 3.59. The molecular formula is C42H78O7Si2. The minimum absolute atomic E-state index is 0.0624. The molecule has 0 saturated carbocycles. The summed E-state index contributed by atoms with van der Waals surface area (Å²) in [5.74, 6) is 0.851. The van der Waals surface area contributed by atoms with Gasteiger partial charge < -0.3 is 27.8 Å². The van der Waals surface area contributed by atoms with Crippen molar-refractivity contribution in [2.24, 2.45) is 23.7 Å². The van der Waals surface area contributed by atoms with E-state index in [2.05, 4.69) is 88.6 Å². The highest BCUT2D eigenvalue weighted by atomic mass is 28.4. The molecule has 0 aliphatic carbocycles. The van der Waals surface area contributed by atoms with Gasteiger partial charge in [0.15, 0.2) is 16.6 Å². The predicted octanol–water partition coefficient (Wildman–Crippen LogP) is 10.7. The van der Waals surface area contributed by atoms with E-state index in [0.29, 0.717) is 24.7 Å². The summed E-state index contributed by atoms with van der Waals surface area (Å²) < 4.78 is 38.4. The molecule has 51 heavy (non-hydrogen) atoms. The highest BCUT2D eigenvalue weighted by Gasteiger charge is 2.46. The van der Waals surface area contributed by atoms with Gasteiger partial charge in [0.25, 0.3) is 0 Å². The van der Waals surface area contributed by atoms with Gasteiger partial charge in [0.2, 0.25) is 0 Å². The summed E-state index contributed by atoms with van der Waals surface area (Å²) in [5.41, 5.74) is 2.36. The Morgan fingerprint density at radius 1 is 0.922 bits per heavy atom. The molecule has 7 nitrogen and oxygen atoms in total. The van der Waals surface area contributed by atoms with Gasteiger partial charge in [0.1, 0.15) is 0 Å². The number of hydrogen-bond donors (Lipinski definition) is 0. The van der Waals surface area contributed by atoms with Gasteiger partial charge in [-0.15, -0.1) is 0 Å². The van der Waals surface area contributed by atoms with E-state index in [0.717, 1.165) is 63.7 Å². The summed E-state index contributed by atoms with van der Waals surface area (Å²) >= 11 is 0. The first-order valence-electron chi connectivity index (χ1n) is 20.6. The van der Waals surface area contributed by atoms with Crippen LogP contribution in [0.25, 0.3) is 0 Å². The van der Waals surface area contributed by atoms with Gasteiger partial charge in [0, 0.05) is 25.6 Å². The van der Waals surface area contributed by atoms with E-state index in [4.69, 9.17) is 27.8 Å². The smallest absolute Gasteiger partial charge is 0.305 e. The molecule has 0 bridgehead atoms. The molecule has 0 amide bonds. The molecule has 0 aromatic rings. The Morgan fingerprint density at radius 2 is 1.57 bits per heavy atom. The number of methoxy groups -OCH3 is 1. The van der Waals surface area contributed by atoms with E-state index in [-0.39, 0.29) is 59.5 Å². The molecule has 3 aliphatic heterocycles. The minimum Gasteiger partial charge on any atom is -0.469 e. The Bertz CT molecular complexity index is 1110. The average molecular weight is 751 g/mol. The van der Waals surface area contributed by atoms with Crippen LogP contribution in [0.15, 0.2) is 24.3 Å².